The Hall–Kier alpha value is -0.980. The molecular formula is C9H15N. The standard InChI is InChI=1S/C9H15N/c1-4-6-9(5-2)7-8-10-3/h4,6-8,10H,1,5H2,2-3H3/b8-7-,9-6+. The highest BCUT2D eigenvalue weighted by Gasteiger charge is 1.82. The first kappa shape index (κ1) is 9.02. The average Bonchev–Trinajstić information content (AvgIpc) is 1.98. The van der Waals surface area contributed by atoms with Gasteiger partial charge in [-0.3, -0.25) is 0 Å². The molecular weight excluding hydrogens is 122 g/mol. The molecule has 0 aromatic heterocycles. The summed E-state index contributed by atoms with van der Waals surface area (Å²) < 4.78 is 0. The second kappa shape index (κ2) is 6.14. The van der Waals surface area contributed by atoms with Gasteiger partial charge in [0.25, 0.3) is 0 Å². The molecule has 0 aromatic carbocycles. The summed E-state index contributed by atoms with van der Waals surface area (Å²) in [6.07, 6.45) is 8.82. The summed E-state index contributed by atoms with van der Waals surface area (Å²) in [7, 11) is 1.89. The maximum absolute atomic E-state index is 3.63. The number of nitrogens with one attached hydrogen (secondary N) is 1. The maximum Gasteiger partial charge on any atom is 0.00277 e. The number of rotatable bonds is 4. The van der Waals surface area contributed by atoms with Crippen molar-refractivity contribution in [3.63, 3.8) is 0 Å². The third kappa shape index (κ3) is 3.96. The minimum atomic E-state index is 1.05. The van der Waals surface area contributed by atoms with Crippen molar-refractivity contribution in [1.29, 1.82) is 0 Å². The fraction of sp³-hybridized carbons (Fsp3) is 0.333. The largest absolute Gasteiger partial charge is 0.394 e. The first-order valence-corrected chi connectivity index (χ1v) is 3.50. The Kier molecular flexibility index (Phi) is 5.54. The Labute approximate surface area is 63.1 Å². The molecule has 0 rings (SSSR count). The Bertz CT molecular complexity index is 143. The third-order valence-electron chi connectivity index (χ3n) is 1.20. The zero-order valence-corrected chi connectivity index (χ0v) is 6.72. The minimum Gasteiger partial charge on any atom is -0.394 e. The van der Waals surface area contributed by atoms with Gasteiger partial charge in [0.2, 0.25) is 0 Å². The Morgan fingerprint density at radius 3 is 2.70 bits per heavy atom. The molecule has 10 heavy (non-hydrogen) atoms. The van der Waals surface area contributed by atoms with Crippen molar-refractivity contribution in [2.75, 3.05) is 7.05 Å². The highest BCUT2D eigenvalue weighted by molar-refractivity contribution is 5.21. The summed E-state index contributed by atoms with van der Waals surface area (Å²) in [5.74, 6) is 0. The van der Waals surface area contributed by atoms with Crippen LogP contribution < -0.4 is 5.32 Å². The normalized spacial score (nSPS) is 12.0. The van der Waals surface area contributed by atoms with Gasteiger partial charge in [-0.15, -0.1) is 0 Å². The Morgan fingerprint density at radius 1 is 1.60 bits per heavy atom. The van der Waals surface area contributed by atoms with Gasteiger partial charge in [0.05, 0.1) is 0 Å². The van der Waals surface area contributed by atoms with Crippen LogP contribution in [0.15, 0.2) is 36.6 Å². The summed E-state index contributed by atoms with van der Waals surface area (Å²) in [6.45, 7) is 5.75. The molecule has 0 bridgehead atoms. The molecule has 0 radical (unpaired) electrons. The van der Waals surface area contributed by atoms with Gasteiger partial charge in [0.1, 0.15) is 0 Å². The fourth-order valence-electron chi connectivity index (χ4n) is 0.633. The Morgan fingerprint density at radius 2 is 2.30 bits per heavy atom. The molecule has 1 N–H and O–H groups in total. The molecule has 0 aliphatic carbocycles. The third-order valence-corrected chi connectivity index (χ3v) is 1.20. The van der Waals surface area contributed by atoms with Crippen LogP contribution in [0, 0.1) is 0 Å². The molecule has 0 aliphatic heterocycles. The van der Waals surface area contributed by atoms with Gasteiger partial charge in [-0.05, 0) is 24.3 Å². The van der Waals surface area contributed by atoms with E-state index >= 15 is 0 Å². The summed E-state index contributed by atoms with van der Waals surface area (Å²) in [5, 5.41) is 2.94. The van der Waals surface area contributed by atoms with Crippen LogP contribution in [0.25, 0.3) is 0 Å². The Balaban J connectivity index is 3.94. The lowest BCUT2D eigenvalue weighted by Gasteiger charge is -1.93. The van der Waals surface area contributed by atoms with E-state index in [0.29, 0.717) is 0 Å². The van der Waals surface area contributed by atoms with E-state index in [4.69, 9.17) is 0 Å². The second-order valence-electron chi connectivity index (χ2n) is 1.95. The van der Waals surface area contributed by atoms with E-state index < -0.39 is 0 Å². The van der Waals surface area contributed by atoms with Crippen molar-refractivity contribution >= 4 is 0 Å². The zero-order chi connectivity index (χ0) is 7.82. The highest BCUT2D eigenvalue weighted by Crippen LogP contribution is 2.00. The molecule has 0 aromatic rings. The SMILES string of the molecule is C=C/C=C(/C=C\NC)CC. The maximum atomic E-state index is 3.63. The molecule has 56 valence electrons. The molecule has 0 aliphatic rings. The van der Waals surface area contributed by atoms with Crippen molar-refractivity contribution in [2.45, 2.75) is 13.3 Å². The van der Waals surface area contributed by atoms with Gasteiger partial charge < -0.3 is 5.32 Å². The predicted molar refractivity (Wildman–Crippen MR) is 46.8 cm³/mol. The van der Waals surface area contributed by atoms with Crippen LogP contribution in [0.5, 0.6) is 0 Å². The van der Waals surface area contributed by atoms with Gasteiger partial charge in [0, 0.05) is 7.05 Å². The molecule has 1 nitrogen and oxygen atoms in total. The van der Waals surface area contributed by atoms with E-state index in [2.05, 4.69) is 18.8 Å². The zero-order valence-electron chi connectivity index (χ0n) is 6.72. The second-order valence-corrected chi connectivity index (χ2v) is 1.95. The van der Waals surface area contributed by atoms with Crippen LogP contribution in [0.4, 0.5) is 0 Å². The summed E-state index contributed by atoms with van der Waals surface area (Å²) in [4.78, 5) is 0. The lowest BCUT2D eigenvalue weighted by Crippen LogP contribution is -1.91. The minimum absolute atomic E-state index is 1.05. The van der Waals surface area contributed by atoms with Crippen molar-refractivity contribution < 1.29 is 0 Å². The van der Waals surface area contributed by atoms with Crippen molar-refractivity contribution in [1.82, 2.24) is 5.32 Å². The molecule has 0 saturated heterocycles. The van der Waals surface area contributed by atoms with Crippen LogP contribution >= 0.6 is 0 Å². The lowest BCUT2D eigenvalue weighted by molar-refractivity contribution is 1.08. The van der Waals surface area contributed by atoms with Crippen LogP contribution in [0.1, 0.15) is 13.3 Å². The summed E-state index contributed by atoms with van der Waals surface area (Å²) in [5.41, 5.74) is 1.28. The van der Waals surface area contributed by atoms with Crippen molar-refractivity contribution in [3.8, 4) is 0 Å². The molecule has 0 amide bonds. The lowest BCUT2D eigenvalue weighted by atomic mass is 10.2. The topological polar surface area (TPSA) is 12.0 Å². The van der Waals surface area contributed by atoms with Crippen LogP contribution in [0.3, 0.4) is 0 Å². The molecule has 1 heteroatoms. The first-order valence-electron chi connectivity index (χ1n) is 3.50. The first-order chi connectivity index (χ1) is 4.85. The quantitative estimate of drug-likeness (QED) is 0.586. The molecule has 0 heterocycles. The van der Waals surface area contributed by atoms with E-state index in [1.807, 2.05) is 25.4 Å². The van der Waals surface area contributed by atoms with Crippen molar-refractivity contribution in [2.24, 2.45) is 0 Å². The number of hydrogen-bond acceptors (Lipinski definition) is 1. The van der Waals surface area contributed by atoms with Gasteiger partial charge in [-0.2, -0.15) is 0 Å². The molecule has 0 saturated carbocycles. The number of hydrogen-bond donors (Lipinski definition) is 1. The van der Waals surface area contributed by atoms with Gasteiger partial charge in [0.15, 0.2) is 0 Å². The van der Waals surface area contributed by atoms with Gasteiger partial charge >= 0.3 is 0 Å². The predicted octanol–water partition coefficient (Wildman–Crippen LogP) is 2.24. The molecule has 0 atom stereocenters. The van der Waals surface area contributed by atoms with Crippen LogP contribution in [0.2, 0.25) is 0 Å². The molecule has 0 spiro atoms. The van der Waals surface area contributed by atoms with Gasteiger partial charge in [-0.1, -0.05) is 25.7 Å². The van der Waals surface area contributed by atoms with E-state index in [9.17, 15) is 0 Å². The summed E-state index contributed by atoms with van der Waals surface area (Å²) >= 11 is 0. The smallest absolute Gasteiger partial charge is 0.00277 e. The number of allylic oxidation sites excluding steroid dienone is 4. The molecule has 0 fully saturated rings. The highest BCUT2D eigenvalue weighted by atomic mass is 14.8. The van der Waals surface area contributed by atoms with Crippen LogP contribution in [-0.2, 0) is 0 Å². The average molecular weight is 137 g/mol. The summed E-state index contributed by atoms with van der Waals surface area (Å²) in [6, 6.07) is 0. The van der Waals surface area contributed by atoms with E-state index in [1.54, 1.807) is 6.08 Å². The fourth-order valence-corrected chi connectivity index (χ4v) is 0.633. The van der Waals surface area contributed by atoms with Crippen molar-refractivity contribution in [3.05, 3.63) is 36.6 Å². The van der Waals surface area contributed by atoms with Crippen LogP contribution in [-0.4, -0.2) is 7.05 Å². The van der Waals surface area contributed by atoms with Gasteiger partial charge in [-0.25, -0.2) is 0 Å². The molecule has 0 unspecified atom stereocenters. The van der Waals surface area contributed by atoms with E-state index in [-0.39, 0.29) is 0 Å². The monoisotopic (exact) mass is 137 g/mol. The van der Waals surface area contributed by atoms with E-state index in [0.717, 1.165) is 6.42 Å². The van der Waals surface area contributed by atoms with E-state index in [1.165, 1.54) is 5.57 Å².